The van der Waals surface area contributed by atoms with Crippen molar-refractivity contribution in [2.24, 2.45) is 0 Å². The van der Waals surface area contributed by atoms with Crippen molar-refractivity contribution >= 4 is 47.3 Å². The standard InChI is InChI=1S/C28H27NO3.C28H25NO3.C2H6O.B.Na.H/c2*1-2-26(27(30)17-20-8-9-24-18-29-15-14-23(24)16-20)21-10-12-25(13-11-21)32-19-28(31)22-6-4-3-5-7-22;1-2-3;;;/h3-16,18,26,28,31H,2,17,19H2,1H3;3-16,18,26H,2,17,19H2,1H3;3H,2H2,1H3;;;/q;;;;+1;-1. The summed E-state index contributed by atoms with van der Waals surface area (Å²) in [5.41, 5.74) is 5.42. The molecule has 0 aliphatic carbocycles. The molecule has 2 aromatic heterocycles. The molecule has 3 radical (unpaired) electrons. The van der Waals surface area contributed by atoms with Gasteiger partial charge >= 0.3 is 29.6 Å². The molecule has 347 valence electrons. The van der Waals surface area contributed by atoms with E-state index in [1.807, 2.05) is 160 Å². The van der Waals surface area contributed by atoms with Crippen molar-refractivity contribution < 1.29 is 65.1 Å². The minimum atomic E-state index is -0.682. The molecular weight excluding hydrogens is 870 g/mol. The van der Waals surface area contributed by atoms with Crippen molar-refractivity contribution in [2.45, 2.75) is 64.4 Å². The molecule has 0 bridgehead atoms. The van der Waals surface area contributed by atoms with Crippen molar-refractivity contribution in [1.29, 1.82) is 0 Å². The van der Waals surface area contributed by atoms with Gasteiger partial charge in [-0.3, -0.25) is 24.4 Å². The number of carbonyl (C=O) groups excluding carboxylic acids is 3. The molecule has 9 nitrogen and oxygen atoms in total. The van der Waals surface area contributed by atoms with Crippen LogP contribution in [0.25, 0.3) is 21.5 Å². The normalized spacial score (nSPS) is 11.7. The summed E-state index contributed by atoms with van der Waals surface area (Å²) in [6, 6.07) is 49.7. The Hall–Kier alpha value is -6.27. The molecule has 2 heterocycles. The fourth-order valence-electron chi connectivity index (χ4n) is 7.83. The Kier molecular flexibility index (Phi) is 23.2. The van der Waals surface area contributed by atoms with Crippen LogP contribution in [0.4, 0.5) is 0 Å². The Labute approximate surface area is 431 Å². The minimum absolute atomic E-state index is 0. The third kappa shape index (κ3) is 16.4. The van der Waals surface area contributed by atoms with Gasteiger partial charge in [0.15, 0.2) is 12.4 Å². The van der Waals surface area contributed by atoms with Crippen molar-refractivity contribution in [3.63, 3.8) is 0 Å². The van der Waals surface area contributed by atoms with Gasteiger partial charge in [-0.2, -0.15) is 0 Å². The number of hydrogen-bond donors (Lipinski definition) is 2. The predicted molar refractivity (Wildman–Crippen MR) is 273 cm³/mol. The van der Waals surface area contributed by atoms with Gasteiger partial charge in [-0.15, -0.1) is 0 Å². The topological polar surface area (TPSA) is 136 Å². The molecule has 2 N–H and O–H groups in total. The number of Topliss-reactive ketones (excluding diaryl/α,β-unsaturated/α-hetero) is 3. The number of nitrogens with zero attached hydrogens (tertiary/aromatic N) is 2. The van der Waals surface area contributed by atoms with E-state index in [0.29, 0.717) is 29.9 Å². The number of hydrogen-bond acceptors (Lipinski definition) is 9. The maximum atomic E-state index is 13.1. The number of benzene rings is 6. The number of aliphatic hydroxyl groups excluding tert-OH is 2. The zero-order valence-electron chi connectivity index (χ0n) is 40.9. The number of ether oxygens (including phenoxy) is 2. The Morgan fingerprint density at radius 1 is 0.551 bits per heavy atom. The molecule has 8 aromatic rings. The average molecular weight is 930 g/mol. The van der Waals surface area contributed by atoms with Crippen molar-refractivity contribution in [2.75, 3.05) is 19.8 Å². The quantitative estimate of drug-likeness (QED) is 0.0645. The largest absolute Gasteiger partial charge is 1.00 e. The van der Waals surface area contributed by atoms with E-state index in [-0.39, 0.29) is 88.4 Å². The molecular formula is C58H59BN2NaO7. The van der Waals surface area contributed by atoms with Gasteiger partial charge in [-0.1, -0.05) is 135 Å². The monoisotopic (exact) mass is 929 g/mol. The second-order valence-electron chi connectivity index (χ2n) is 16.1. The van der Waals surface area contributed by atoms with E-state index in [0.717, 1.165) is 62.2 Å². The second kappa shape index (κ2) is 28.9. The molecule has 0 aliphatic rings. The first-order valence-electron chi connectivity index (χ1n) is 22.8. The number of fused-ring (bicyclic) bond motifs is 2. The van der Waals surface area contributed by atoms with Crippen molar-refractivity contribution in [3.8, 4) is 11.5 Å². The van der Waals surface area contributed by atoms with Gasteiger partial charge in [-0.05, 0) is 94.8 Å². The van der Waals surface area contributed by atoms with E-state index in [4.69, 9.17) is 14.6 Å². The molecule has 69 heavy (non-hydrogen) atoms. The Morgan fingerprint density at radius 2 is 0.986 bits per heavy atom. The van der Waals surface area contributed by atoms with E-state index in [1.165, 1.54) is 0 Å². The summed E-state index contributed by atoms with van der Waals surface area (Å²) < 4.78 is 11.4. The molecule has 0 amide bonds. The van der Waals surface area contributed by atoms with Crippen LogP contribution in [0, 0.1) is 0 Å². The van der Waals surface area contributed by atoms with Crippen LogP contribution in [0.15, 0.2) is 183 Å². The van der Waals surface area contributed by atoms with Crippen LogP contribution in [0.5, 0.6) is 11.5 Å². The van der Waals surface area contributed by atoms with E-state index >= 15 is 0 Å². The Bertz CT molecular complexity index is 2820. The van der Waals surface area contributed by atoms with Gasteiger partial charge in [0, 0.05) is 80.8 Å². The maximum Gasteiger partial charge on any atom is 1.00 e. The summed E-state index contributed by atoms with van der Waals surface area (Å²) in [6.45, 7) is 6.15. The minimum Gasteiger partial charge on any atom is -1.00 e. The van der Waals surface area contributed by atoms with Gasteiger partial charge in [0.25, 0.3) is 0 Å². The number of aromatic nitrogens is 2. The Balaban J connectivity index is 0.000000337. The smallest absolute Gasteiger partial charge is 1.00 e. The van der Waals surface area contributed by atoms with Gasteiger partial charge in [0.2, 0.25) is 0 Å². The molecule has 6 aromatic carbocycles. The summed E-state index contributed by atoms with van der Waals surface area (Å²) in [6.07, 6.45) is 8.76. The third-order valence-corrected chi connectivity index (χ3v) is 11.4. The van der Waals surface area contributed by atoms with Gasteiger partial charge in [0.05, 0.1) is 0 Å². The van der Waals surface area contributed by atoms with Crippen LogP contribution in [-0.2, 0) is 22.4 Å². The van der Waals surface area contributed by atoms with E-state index < -0.39 is 6.10 Å². The van der Waals surface area contributed by atoms with Crippen LogP contribution in [0.2, 0.25) is 0 Å². The maximum absolute atomic E-state index is 13.1. The molecule has 0 saturated heterocycles. The number of rotatable bonds is 18. The third-order valence-electron chi connectivity index (χ3n) is 11.4. The van der Waals surface area contributed by atoms with Crippen LogP contribution in [0.3, 0.4) is 0 Å². The fourth-order valence-corrected chi connectivity index (χ4v) is 7.83. The van der Waals surface area contributed by atoms with E-state index in [1.54, 1.807) is 31.5 Å². The number of pyridine rings is 2. The molecule has 0 aliphatic heterocycles. The second-order valence-corrected chi connectivity index (χ2v) is 16.1. The zero-order valence-corrected chi connectivity index (χ0v) is 41.9. The van der Waals surface area contributed by atoms with E-state index in [2.05, 4.69) is 22.1 Å². The summed E-state index contributed by atoms with van der Waals surface area (Å²) in [7, 11) is 0. The van der Waals surface area contributed by atoms with Gasteiger partial charge < -0.3 is 21.1 Å². The SMILES string of the molecule is CCC(C(=O)Cc1ccc2cnccc2c1)c1ccc(OCC(=O)c2ccccc2)cc1.CCC(C(=O)Cc1ccc2cnccc2c1)c1ccc(OCC(O)c2ccccc2)cc1.CCO.[B].[H-].[Na+]. The number of carbonyl (C=O) groups is 3. The molecule has 0 saturated carbocycles. The molecule has 11 heteroatoms. The van der Waals surface area contributed by atoms with E-state index in [9.17, 15) is 19.5 Å². The first-order valence-corrected chi connectivity index (χ1v) is 22.8. The van der Waals surface area contributed by atoms with Crippen molar-refractivity contribution in [3.05, 3.63) is 216 Å². The average Bonchev–Trinajstić information content (AvgIpc) is 3.37. The summed E-state index contributed by atoms with van der Waals surface area (Å²) in [5.74, 6) is 1.28. The molecule has 0 spiro atoms. The van der Waals surface area contributed by atoms with Crippen LogP contribution in [-0.4, -0.2) is 65.8 Å². The first-order chi connectivity index (χ1) is 32.7. The van der Waals surface area contributed by atoms with Gasteiger partial charge in [-0.25, -0.2) is 0 Å². The summed E-state index contributed by atoms with van der Waals surface area (Å²) >= 11 is 0. The predicted octanol–water partition coefficient (Wildman–Crippen LogP) is 8.19. The number of ketones is 3. The van der Waals surface area contributed by atoms with Crippen LogP contribution < -0.4 is 39.0 Å². The Morgan fingerprint density at radius 3 is 1.43 bits per heavy atom. The zero-order chi connectivity index (χ0) is 47.4. The van der Waals surface area contributed by atoms with Crippen LogP contribution >= 0.6 is 0 Å². The molecule has 3 atom stereocenters. The van der Waals surface area contributed by atoms with Gasteiger partial charge in [0.1, 0.15) is 35.8 Å². The summed E-state index contributed by atoms with van der Waals surface area (Å²) in [5, 5.41) is 22.2. The summed E-state index contributed by atoms with van der Waals surface area (Å²) in [4.78, 5) is 46.6. The molecule has 0 fully saturated rings. The van der Waals surface area contributed by atoms with Crippen molar-refractivity contribution in [1.82, 2.24) is 9.97 Å². The molecule has 8 rings (SSSR count). The van der Waals surface area contributed by atoms with Crippen LogP contribution in [0.1, 0.15) is 91.2 Å². The molecule has 3 unspecified atom stereocenters. The fraction of sp³-hybridized carbons (Fsp3) is 0.224. The first kappa shape index (κ1) is 55.3. The number of aliphatic hydroxyl groups is 2.